The Balaban J connectivity index is -0.00000000972. The first-order valence-electron chi connectivity index (χ1n) is 1.38. The van der Waals surface area contributed by atoms with Gasteiger partial charge >= 0.3 is 154 Å². The third-order valence-electron chi connectivity index (χ3n) is 0. The van der Waals surface area contributed by atoms with Gasteiger partial charge < -0.3 is 19.2 Å². The number of hydrogen-bond acceptors (Lipinski definition) is 7. The van der Waals surface area contributed by atoms with Gasteiger partial charge in [0.05, 0.1) is 0 Å². The van der Waals surface area contributed by atoms with Crippen LogP contribution in [-0.2, 0) is 4.57 Å². The van der Waals surface area contributed by atoms with E-state index >= 15 is 0 Å². The van der Waals surface area contributed by atoms with Gasteiger partial charge in [0.1, 0.15) is 0 Å². The molecule has 6 N–H and O–H groups in total. The van der Waals surface area contributed by atoms with Crippen LogP contribution in [0.15, 0.2) is 0 Å². The van der Waals surface area contributed by atoms with Crippen LogP contribution in [0.4, 0.5) is 13.4 Å². The summed E-state index contributed by atoms with van der Waals surface area (Å²) in [5.41, 5.74) is 0. The van der Waals surface area contributed by atoms with Gasteiger partial charge in [-0.2, -0.15) is 25.7 Å². The van der Waals surface area contributed by atoms with Gasteiger partial charge in [0.25, 0.3) is 0 Å². The first-order valence-corrected chi connectivity index (χ1v) is 2.85. The predicted octanol–water partition coefficient (Wildman–Crippen LogP) is -12.3. The number of phosphoric acid groups is 1. The standard InChI is InChI=1S/3FH2N.3K.H3O4P/c3*1-2;;;;1-5(2,3)4/h3*2H2;;;;(H3,1,2,3,4)/q;;;3*+1;/p-3. The summed E-state index contributed by atoms with van der Waals surface area (Å²) < 4.78 is 35.5. The van der Waals surface area contributed by atoms with E-state index in [9.17, 15) is 0 Å². The Morgan fingerprint density at radius 3 is 0.714 bits per heavy atom. The smallest absolute Gasteiger partial charge is 0.822 e. The van der Waals surface area contributed by atoms with Crippen molar-refractivity contribution in [3.05, 3.63) is 0 Å². The molecule has 0 fully saturated rings. The quantitative estimate of drug-likeness (QED) is 0.227. The molecular formula is H6F3K3N3O4P. The van der Waals surface area contributed by atoms with Gasteiger partial charge in [-0.25, -0.2) is 0 Å². The largest absolute Gasteiger partial charge is 1.00 e. The van der Waals surface area contributed by atoms with Crippen LogP contribution in [0, 0.1) is 0 Å². The van der Waals surface area contributed by atoms with E-state index in [-0.39, 0.29) is 154 Å². The maximum Gasteiger partial charge on any atom is 1.00 e. The molecule has 0 aromatic carbocycles. The van der Waals surface area contributed by atoms with Crippen molar-refractivity contribution in [2.24, 2.45) is 17.9 Å². The minimum atomic E-state index is -5.39. The molecule has 0 saturated carbocycles. The first-order chi connectivity index (χ1) is 5.00. The van der Waals surface area contributed by atoms with Crippen molar-refractivity contribution in [2.45, 2.75) is 0 Å². The molecule has 0 aliphatic rings. The molecule has 0 aliphatic heterocycles. The van der Waals surface area contributed by atoms with Crippen LogP contribution >= 0.6 is 7.82 Å². The van der Waals surface area contributed by atoms with E-state index < -0.39 is 7.82 Å². The summed E-state index contributed by atoms with van der Waals surface area (Å²) in [6.45, 7) is 0. The van der Waals surface area contributed by atoms with Gasteiger partial charge in [-0.15, -0.1) is 13.4 Å². The van der Waals surface area contributed by atoms with E-state index in [2.05, 4.69) is 17.9 Å². The monoisotopic (exact) mass is 317 g/mol. The molecule has 7 nitrogen and oxygen atoms in total. The fourth-order valence-electron chi connectivity index (χ4n) is 0. The van der Waals surface area contributed by atoms with E-state index in [0.717, 1.165) is 0 Å². The minimum Gasteiger partial charge on any atom is -0.822 e. The Morgan fingerprint density at radius 2 is 0.714 bits per heavy atom. The van der Waals surface area contributed by atoms with Gasteiger partial charge in [0.15, 0.2) is 0 Å². The molecule has 0 saturated heterocycles. The van der Waals surface area contributed by atoms with E-state index in [1.54, 1.807) is 0 Å². The second kappa shape index (κ2) is 43.1. The molecule has 0 bridgehead atoms. The molecule has 14 heavy (non-hydrogen) atoms. The van der Waals surface area contributed by atoms with Crippen molar-refractivity contribution < 1.29 is 187 Å². The molecule has 0 atom stereocenters. The third-order valence-corrected chi connectivity index (χ3v) is 0. The first kappa shape index (κ1) is 42.8. The Morgan fingerprint density at radius 1 is 0.714 bits per heavy atom. The summed E-state index contributed by atoms with van der Waals surface area (Å²) in [5, 5.41) is 0. The van der Waals surface area contributed by atoms with Crippen LogP contribution in [0.2, 0.25) is 0 Å². The Kier molecular flexibility index (Phi) is 132. The summed E-state index contributed by atoms with van der Waals surface area (Å²) in [4.78, 5) is 25.6. The van der Waals surface area contributed by atoms with Crippen molar-refractivity contribution in [3.8, 4) is 0 Å². The van der Waals surface area contributed by atoms with Gasteiger partial charge in [-0.1, -0.05) is 0 Å². The second-order valence-electron chi connectivity index (χ2n) is 0.447. The molecule has 0 radical (unpaired) electrons. The average molecular weight is 317 g/mol. The van der Waals surface area contributed by atoms with Gasteiger partial charge in [0, 0.05) is 0 Å². The zero-order valence-corrected chi connectivity index (χ0v) is 18.2. The summed E-state index contributed by atoms with van der Waals surface area (Å²) in [5.74, 6) is 9.00. The van der Waals surface area contributed by atoms with Crippen molar-refractivity contribution in [1.82, 2.24) is 0 Å². The predicted molar refractivity (Wildman–Crippen MR) is 23.5 cm³/mol. The molecule has 0 heterocycles. The van der Waals surface area contributed by atoms with E-state index in [4.69, 9.17) is 32.7 Å². The molecule has 0 spiro atoms. The molecule has 0 aromatic rings. The summed E-state index contributed by atoms with van der Waals surface area (Å²) in [6, 6.07) is 0. The maximum absolute atomic E-state index is 9.00. The zero-order chi connectivity index (χ0) is 10.5. The normalized spacial score (nSPS) is 5.50. The Bertz CT molecular complexity index is 77.2. The van der Waals surface area contributed by atoms with Crippen molar-refractivity contribution in [1.29, 1.82) is 0 Å². The number of halogens is 3. The van der Waals surface area contributed by atoms with E-state index in [1.807, 2.05) is 0 Å². The Hall–Kier alpha value is 4.69. The van der Waals surface area contributed by atoms with Crippen molar-refractivity contribution >= 4 is 7.82 Å². The molecule has 0 rings (SSSR count). The molecule has 0 unspecified atom stereocenters. The van der Waals surface area contributed by atoms with Gasteiger partial charge in [-0.05, 0) is 0 Å². The summed E-state index contributed by atoms with van der Waals surface area (Å²) >= 11 is 0. The van der Waals surface area contributed by atoms with E-state index in [0.29, 0.717) is 0 Å². The van der Waals surface area contributed by atoms with Crippen LogP contribution in [0.1, 0.15) is 0 Å². The van der Waals surface area contributed by atoms with Gasteiger partial charge in [0.2, 0.25) is 0 Å². The fourth-order valence-corrected chi connectivity index (χ4v) is 0. The molecule has 0 aromatic heterocycles. The minimum absolute atomic E-state index is 0. The van der Waals surface area contributed by atoms with Crippen LogP contribution in [0.3, 0.4) is 0 Å². The van der Waals surface area contributed by atoms with Crippen LogP contribution in [0.5, 0.6) is 0 Å². The number of nitrogens with two attached hydrogens (primary N) is 3. The SMILES string of the molecule is NF.NF.NF.O=P([O-])([O-])[O-].[K+].[K+].[K+]. The molecular weight excluding hydrogens is 311 g/mol. The maximum atomic E-state index is 9.00. The van der Waals surface area contributed by atoms with Crippen LogP contribution in [-0.4, -0.2) is 0 Å². The topological polar surface area (TPSA) is 164 Å². The number of hydrogen-bond donors (Lipinski definition) is 3. The Labute approximate surface area is 206 Å². The van der Waals surface area contributed by atoms with Crippen molar-refractivity contribution in [2.75, 3.05) is 0 Å². The van der Waals surface area contributed by atoms with Gasteiger partial charge in [-0.3, -0.25) is 0 Å². The number of rotatable bonds is 0. The molecule has 14 heteroatoms. The second-order valence-corrected chi connectivity index (χ2v) is 1.34. The van der Waals surface area contributed by atoms with Crippen LogP contribution in [0.25, 0.3) is 0 Å². The fraction of sp³-hybridized carbons (Fsp3) is 0. The molecule has 0 amide bonds. The average Bonchev–Trinajstić information content (AvgIpc) is 1.96. The summed E-state index contributed by atoms with van der Waals surface area (Å²) in [7, 11) is -5.39. The van der Waals surface area contributed by atoms with E-state index in [1.165, 1.54) is 0 Å². The summed E-state index contributed by atoms with van der Waals surface area (Å²) in [6.07, 6.45) is 0. The third kappa shape index (κ3) is 187. The molecule has 74 valence electrons. The zero-order valence-electron chi connectivity index (χ0n) is 7.95. The van der Waals surface area contributed by atoms with Crippen LogP contribution < -0.4 is 187 Å². The molecule has 0 aliphatic carbocycles. The van der Waals surface area contributed by atoms with Crippen molar-refractivity contribution in [3.63, 3.8) is 0 Å².